The van der Waals surface area contributed by atoms with Gasteiger partial charge in [0.25, 0.3) is 0 Å². The first-order chi connectivity index (χ1) is 8.67. The molecule has 1 unspecified atom stereocenters. The van der Waals surface area contributed by atoms with Gasteiger partial charge in [0.15, 0.2) is 5.78 Å². The van der Waals surface area contributed by atoms with Crippen LogP contribution in [0.15, 0.2) is 24.3 Å². The van der Waals surface area contributed by atoms with Crippen molar-refractivity contribution < 1.29 is 14.3 Å². The zero-order valence-corrected chi connectivity index (χ0v) is 10.7. The Hall–Kier alpha value is -1.70. The molecule has 0 aromatic heterocycles. The number of nitrogens with zero attached hydrogens (tertiary/aromatic N) is 1. The molecular formula is C14H17NO3. The van der Waals surface area contributed by atoms with E-state index in [2.05, 4.69) is 0 Å². The number of rotatable bonds is 7. The van der Waals surface area contributed by atoms with Crippen LogP contribution >= 0.6 is 0 Å². The number of Topliss-reactive ketones (excluding diaryl/α,β-unsaturated/α-hetero) is 1. The molecule has 96 valence electrons. The lowest BCUT2D eigenvalue weighted by molar-refractivity contribution is 0.00115. The molecule has 0 aliphatic carbocycles. The molecule has 0 fully saturated rings. The molecular weight excluding hydrogens is 230 g/mol. The van der Waals surface area contributed by atoms with Crippen LogP contribution < -0.4 is 0 Å². The Morgan fingerprint density at radius 2 is 2.06 bits per heavy atom. The second-order valence-corrected chi connectivity index (χ2v) is 3.89. The topological polar surface area (TPSA) is 59.3 Å². The van der Waals surface area contributed by atoms with Gasteiger partial charge >= 0.3 is 0 Å². The average molecular weight is 247 g/mol. The lowest BCUT2D eigenvalue weighted by Gasteiger charge is -2.12. The molecule has 4 heteroatoms. The number of benzene rings is 1. The summed E-state index contributed by atoms with van der Waals surface area (Å²) in [7, 11) is 0. The third-order valence-corrected chi connectivity index (χ3v) is 2.39. The Morgan fingerprint density at radius 3 is 2.61 bits per heavy atom. The predicted molar refractivity (Wildman–Crippen MR) is 67.4 cm³/mol. The summed E-state index contributed by atoms with van der Waals surface area (Å²) < 4.78 is 10.6. The number of hydrogen-bond acceptors (Lipinski definition) is 4. The summed E-state index contributed by atoms with van der Waals surface area (Å²) >= 11 is 0. The van der Waals surface area contributed by atoms with Gasteiger partial charge in [-0.05, 0) is 26.0 Å². The van der Waals surface area contributed by atoms with E-state index >= 15 is 0 Å². The van der Waals surface area contributed by atoms with Gasteiger partial charge in [-0.3, -0.25) is 4.79 Å². The van der Waals surface area contributed by atoms with Gasteiger partial charge in [0, 0.05) is 12.2 Å². The summed E-state index contributed by atoms with van der Waals surface area (Å²) in [4.78, 5) is 11.8. The maximum absolute atomic E-state index is 11.8. The number of ketones is 1. The van der Waals surface area contributed by atoms with Crippen LogP contribution in [0.1, 0.15) is 29.8 Å². The lowest BCUT2D eigenvalue weighted by atomic mass is 10.1. The highest BCUT2D eigenvalue weighted by Gasteiger charge is 2.09. The Balaban J connectivity index is 2.43. The van der Waals surface area contributed by atoms with Gasteiger partial charge in [0.1, 0.15) is 6.61 Å². The van der Waals surface area contributed by atoms with E-state index in [-0.39, 0.29) is 18.5 Å². The minimum Gasteiger partial charge on any atom is -0.379 e. The molecule has 0 spiro atoms. The van der Waals surface area contributed by atoms with Gasteiger partial charge in [0.05, 0.1) is 24.3 Å². The average Bonchev–Trinajstić information content (AvgIpc) is 2.42. The van der Waals surface area contributed by atoms with Gasteiger partial charge < -0.3 is 9.47 Å². The minimum absolute atomic E-state index is 0.0279. The molecule has 1 aromatic rings. The molecule has 1 aromatic carbocycles. The molecule has 0 radical (unpaired) electrons. The molecule has 0 N–H and O–H groups in total. The van der Waals surface area contributed by atoms with Gasteiger partial charge in [-0.1, -0.05) is 12.1 Å². The van der Waals surface area contributed by atoms with Crippen LogP contribution in [0.4, 0.5) is 0 Å². The van der Waals surface area contributed by atoms with Crippen molar-refractivity contribution in [1.82, 2.24) is 0 Å². The van der Waals surface area contributed by atoms with E-state index < -0.39 is 0 Å². The summed E-state index contributed by atoms with van der Waals surface area (Å²) in [5.41, 5.74) is 1.09. The second-order valence-electron chi connectivity index (χ2n) is 3.89. The Bertz CT molecular complexity index is 420. The van der Waals surface area contributed by atoms with Gasteiger partial charge in [-0.2, -0.15) is 5.26 Å². The van der Waals surface area contributed by atoms with E-state index in [1.54, 1.807) is 24.3 Å². The molecule has 0 aliphatic heterocycles. The third-order valence-electron chi connectivity index (χ3n) is 2.39. The Labute approximate surface area is 107 Å². The molecule has 1 rings (SSSR count). The first-order valence-electron chi connectivity index (χ1n) is 5.90. The van der Waals surface area contributed by atoms with Crippen LogP contribution in [0.25, 0.3) is 0 Å². The number of carbonyl (C=O) groups is 1. The van der Waals surface area contributed by atoms with Gasteiger partial charge in [-0.15, -0.1) is 0 Å². The smallest absolute Gasteiger partial charge is 0.188 e. The molecule has 1 atom stereocenters. The maximum atomic E-state index is 11.8. The van der Waals surface area contributed by atoms with E-state index in [1.807, 2.05) is 19.9 Å². The number of nitriles is 1. The summed E-state index contributed by atoms with van der Waals surface area (Å²) in [6.07, 6.45) is -0.104. The standard InChI is InChI=1S/C14H17NO3/c1-3-17-9-11(2)18-10-14(16)13-6-4-12(8-15)5-7-13/h4-7,11H,3,9-10H2,1-2H3. The molecule has 0 saturated heterocycles. The lowest BCUT2D eigenvalue weighted by Crippen LogP contribution is -2.20. The highest BCUT2D eigenvalue weighted by Crippen LogP contribution is 2.05. The van der Waals surface area contributed by atoms with Crippen LogP contribution in [-0.4, -0.2) is 31.7 Å². The fourth-order valence-electron chi connectivity index (χ4n) is 1.36. The molecule has 0 amide bonds. The summed E-state index contributed by atoms with van der Waals surface area (Å²) in [6.45, 7) is 4.92. The normalized spacial score (nSPS) is 11.8. The molecule has 0 aliphatic rings. The summed E-state index contributed by atoms with van der Waals surface area (Å²) in [5, 5.41) is 8.65. The Morgan fingerprint density at radius 1 is 1.39 bits per heavy atom. The highest BCUT2D eigenvalue weighted by molar-refractivity contribution is 5.97. The monoisotopic (exact) mass is 247 g/mol. The van der Waals surface area contributed by atoms with Crippen LogP contribution in [0, 0.1) is 11.3 Å². The quantitative estimate of drug-likeness (QED) is 0.693. The van der Waals surface area contributed by atoms with Gasteiger partial charge in [-0.25, -0.2) is 0 Å². The zero-order chi connectivity index (χ0) is 13.4. The van der Waals surface area contributed by atoms with Crippen molar-refractivity contribution in [2.45, 2.75) is 20.0 Å². The minimum atomic E-state index is -0.104. The molecule has 18 heavy (non-hydrogen) atoms. The van der Waals surface area contributed by atoms with Crippen molar-refractivity contribution in [1.29, 1.82) is 5.26 Å². The van der Waals surface area contributed by atoms with Crippen molar-refractivity contribution in [2.75, 3.05) is 19.8 Å². The zero-order valence-electron chi connectivity index (χ0n) is 10.7. The van der Waals surface area contributed by atoms with Crippen molar-refractivity contribution in [2.24, 2.45) is 0 Å². The second kappa shape index (κ2) is 7.59. The molecule has 0 heterocycles. The highest BCUT2D eigenvalue weighted by atomic mass is 16.5. The number of ether oxygens (including phenoxy) is 2. The fraction of sp³-hybridized carbons (Fsp3) is 0.429. The van der Waals surface area contributed by atoms with Gasteiger partial charge in [0.2, 0.25) is 0 Å². The van der Waals surface area contributed by atoms with E-state index in [4.69, 9.17) is 14.7 Å². The SMILES string of the molecule is CCOCC(C)OCC(=O)c1ccc(C#N)cc1. The van der Waals surface area contributed by atoms with E-state index in [9.17, 15) is 4.79 Å². The molecule has 0 saturated carbocycles. The number of hydrogen-bond donors (Lipinski definition) is 0. The maximum Gasteiger partial charge on any atom is 0.188 e. The van der Waals surface area contributed by atoms with Crippen molar-refractivity contribution >= 4 is 5.78 Å². The van der Waals surface area contributed by atoms with E-state index in [0.717, 1.165) is 0 Å². The summed E-state index contributed by atoms with van der Waals surface area (Å²) in [6, 6.07) is 8.52. The van der Waals surface area contributed by atoms with Crippen LogP contribution in [0.5, 0.6) is 0 Å². The van der Waals surface area contributed by atoms with Crippen LogP contribution in [-0.2, 0) is 9.47 Å². The first-order valence-corrected chi connectivity index (χ1v) is 5.90. The predicted octanol–water partition coefficient (Wildman–Crippen LogP) is 2.18. The summed E-state index contributed by atoms with van der Waals surface area (Å²) in [5.74, 6) is -0.0946. The first kappa shape index (κ1) is 14.4. The fourth-order valence-corrected chi connectivity index (χ4v) is 1.36. The number of carbonyl (C=O) groups excluding carboxylic acids is 1. The van der Waals surface area contributed by atoms with Crippen molar-refractivity contribution in [3.63, 3.8) is 0 Å². The van der Waals surface area contributed by atoms with Crippen molar-refractivity contribution in [3.8, 4) is 6.07 Å². The Kier molecular flexibility index (Phi) is 6.06. The molecule has 4 nitrogen and oxygen atoms in total. The van der Waals surface area contributed by atoms with E-state index in [1.165, 1.54) is 0 Å². The van der Waals surface area contributed by atoms with E-state index in [0.29, 0.717) is 24.3 Å². The molecule has 0 bridgehead atoms. The van der Waals surface area contributed by atoms with Crippen molar-refractivity contribution in [3.05, 3.63) is 35.4 Å². The van der Waals surface area contributed by atoms with Crippen LogP contribution in [0.3, 0.4) is 0 Å². The third kappa shape index (κ3) is 4.66. The van der Waals surface area contributed by atoms with Crippen LogP contribution in [0.2, 0.25) is 0 Å². The largest absolute Gasteiger partial charge is 0.379 e.